The van der Waals surface area contributed by atoms with Crippen LogP contribution in [0.2, 0.25) is 0 Å². The number of nitrogens with one attached hydrogen (secondary N) is 1. The molecule has 1 heterocycles. The minimum Gasteiger partial charge on any atom is -0.484 e. The van der Waals surface area contributed by atoms with Crippen LogP contribution in [-0.2, 0) is 11.4 Å². The number of ether oxygens (including phenoxy) is 1. The lowest BCUT2D eigenvalue weighted by Crippen LogP contribution is -2.13. The lowest BCUT2D eigenvalue weighted by molar-refractivity contribution is -0.113. The topological polar surface area (TPSA) is 77.2 Å². The van der Waals surface area contributed by atoms with Crippen molar-refractivity contribution in [1.82, 2.24) is 10.2 Å². The number of anilines is 1. The number of para-hydroxylation sites is 2. The van der Waals surface area contributed by atoms with Gasteiger partial charge in [0.15, 0.2) is 6.61 Å². The molecule has 7 heteroatoms. The molecule has 1 amide bonds. The third-order valence-corrected chi connectivity index (χ3v) is 3.76. The Morgan fingerprint density at radius 1 is 1.04 bits per heavy atom. The van der Waals surface area contributed by atoms with Gasteiger partial charge in [0.05, 0.1) is 5.75 Å². The molecule has 3 rings (SSSR count). The summed E-state index contributed by atoms with van der Waals surface area (Å²) in [5.74, 6) is 1.15. The van der Waals surface area contributed by atoms with Crippen molar-refractivity contribution in [3.63, 3.8) is 0 Å². The molecular formula is C17H15N3O3S. The van der Waals surface area contributed by atoms with Crippen LogP contribution in [0.5, 0.6) is 5.75 Å². The van der Waals surface area contributed by atoms with Gasteiger partial charge >= 0.3 is 0 Å². The second kappa shape index (κ2) is 8.16. The Morgan fingerprint density at radius 3 is 2.50 bits per heavy atom. The van der Waals surface area contributed by atoms with Gasteiger partial charge in [0.2, 0.25) is 5.91 Å². The SMILES string of the molecule is O=C(CSc1nnc(COc2ccccc2)o1)Nc1ccccc1. The van der Waals surface area contributed by atoms with Crippen LogP contribution < -0.4 is 10.1 Å². The predicted molar refractivity (Wildman–Crippen MR) is 90.9 cm³/mol. The van der Waals surface area contributed by atoms with Crippen molar-refractivity contribution in [3.8, 4) is 5.75 Å². The molecular weight excluding hydrogens is 326 g/mol. The monoisotopic (exact) mass is 341 g/mol. The highest BCUT2D eigenvalue weighted by Crippen LogP contribution is 2.18. The Bertz CT molecular complexity index is 778. The molecule has 0 aliphatic carbocycles. The Kier molecular flexibility index (Phi) is 5.47. The van der Waals surface area contributed by atoms with Crippen LogP contribution in [0.15, 0.2) is 70.3 Å². The molecule has 24 heavy (non-hydrogen) atoms. The van der Waals surface area contributed by atoms with Crippen LogP contribution in [0.3, 0.4) is 0 Å². The number of rotatable bonds is 7. The van der Waals surface area contributed by atoms with Gasteiger partial charge in [0.1, 0.15) is 5.75 Å². The molecule has 0 spiro atoms. The Labute approximate surface area is 143 Å². The third-order valence-electron chi connectivity index (χ3n) is 2.94. The van der Waals surface area contributed by atoms with E-state index in [1.54, 1.807) is 0 Å². The Balaban J connectivity index is 1.45. The van der Waals surface area contributed by atoms with E-state index in [2.05, 4.69) is 15.5 Å². The molecule has 0 saturated heterocycles. The van der Waals surface area contributed by atoms with Crippen molar-refractivity contribution >= 4 is 23.4 Å². The first-order valence-corrected chi connectivity index (χ1v) is 8.26. The third kappa shape index (κ3) is 4.85. The van der Waals surface area contributed by atoms with Crippen molar-refractivity contribution in [1.29, 1.82) is 0 Å². The predicted octanol–water partition coefficient (Wildman–Crippen LogP) is 3.38. The summed E-state index contributed by atoms with van der Waals surface area (Å²) in [6.45, 7) is 0.188. The van der Waals surface area contributed by atoms with Gasteiger partial charge in [-0.25, -0.2) is 0 Å². The number of hydrogen-bond acceptors (Lipinski definition) is 6. The summed E-state index contributed by atoms with van der Waals surface area (Å²) in [7, 11) is 0. The molecule has 0 fully saturated rings. The number of aromatic nitrogens is 2. The number of hydrogen-bond donors (Lipinski definition) is 1. The van der Waals surface area contributed by atoms with Gasteiger partial charge in [-0.3, -0.25) is 4.79 Å². The molecule has 122 valence electrons. The molecule has 0 saturated carbocycles. The number of nitrogens with zero attached hydrogens (tertiary/aromatic N) is 2. The zero-order valence-electron chi connectivity index (χ0n) is 12.7. The maximum Gasteiger partial charge on any atom is 0.277 e. The average molecular weight is 341 g/mol. The second-order valence-electron chi connectivity index (χ2n) is 4.77. The maximum atomic E-state index is 11.9. The van der Waals surface area contributed by atoms with E-state index in [9.17, 15) is 4.79 Å². The summed E-state index contributed by atoms with van der Waals surface area (Å²) >= 11 is 1.18. The normalized spacial score (nSPS) is 10.3. The van der Waals surface area contributed by atoms with Gasteiger partial charge in [0, 0.05) is 5.69 Å². The van der Waals surface area contributed by atoms with Crippen molar-refractivity contribution in [3.05, 3.63) is 66.6 Å². The van der Waals surface area contributed by atoms with Gasteiger partial charge in [-0.05, 0) is 24.3 Å². The second-order valence-corrected chi connectivity index (χ2v) is 5.69. The van der Waals surface area contributed by atoms with E-state index in [0.29, 0.717) is 11.1 Å². The van der Waals surface area contributed by atoms with Crippen LogP contribution in [0.4, 0.5) is 5.69 Å². The molecule has 6 nitrogen and oxygen atoms in total. The molecule has 0 unspecified atom stereocenters. The van der Waals surface area contributed by atoms with Crippen LogP contribution >= 0.6 is 11.8 Å². The molecule has 2 aromatic carbocycles. The highest BCUT2D eigenvalue weighted by atomic mass is 32.2. The summed E-state index contributed by atoms with van der Waals surface area (Å²) in [6, 6.07) is 18.6. The standard InChI is InChI=1S/C17H15N3O3S/c21-15(18-13-7-3-1-4-8-13)12-24-17-20-19-16(23-17)11-22-14-9-5-2-6-10-14/h1-10H,11-12H2,(H,18,21). The average Bonchev–Trinajstić information content (AvgIpc) is 3.08. The summed E-state index contributed by atoms with van der Waals surface area (Å²) in [4.78, 5) is 11.9. The van der Waals surface area contributed by atoms with E-state index >= 15 is 0 Å². The largest absolute Gasteiger partial charge is 0.484 e. The van der Waals surface area contributed by atoms with E-state index < -0.39 is 0 Å². The van der Waals surface area contributed by atoms with E-state index in [0.717, 1.165) is 11.4 Å². The summed E-state index contributed by atoms with van der Waals surface area (Å²) in [5.41, 5.74) is 0.755. The van der Waals surface area contributed by atoms with E-state index in [1.165, 1.54) is 11.8 Å². The summed E-state index contributed by atoms with van der Waals surface area (Å²) in [6.07, 6.45) is 0. The lowest BCUT2D eigenvalue weighted by atomic mass is 10.3. The van der Waals surface area contributed by atoms with Crippen molar-refractivity contribution in [2.75, 3.05) is 11.1 Å². The number of amides is 1. The van der Waals surface area contributed by atoms with E-state index in [-0.39, 0.29) is 18.3 Å². The first kappa shape index (κ1) is 16.1. The minimum absolute atomic E-state index is 0.133. The van der Waals surface area contributed by atoms with Crippen LogP contribution in [0.25, 0.3) is 0 Å². The fraction of sp³-hybridized carbons (Fsp3) is 0.118. The number of carbonyl (C=O) groups is 1. The molecule has 0 radical (unpaired) electrons. The summed E-state index contributed by atoms with van der Waals surface area (Å²) in [5, 5.41) is 10.9. The zero-order chi connectivity index (χ0) is 16.6. The van der Waals surface area contributed by atoms with Crippen LogP contribution in [-0.4, -0.2) is 21.9 Å². The maximum absolute atomic E-state index is 11.9. The smallest absolute Gasteiger partial charge is 0.277 e. The van der Waals surface area contributed by atoms with Gasteiger partial charge in [-0.15, -0.1) is 10.2 Å². The molecule has 1 N–H and O–H groups in total. The molecule has 1 aromatic heterocycles. The zero-order valence-corrected chi connectivity index (χ0v) is 13.5. The first-order valence-electron chi connectivity index (χ1n) is 7.27. The fourth-order valence-electron chi connectivity index (χ4n) is 1.86. The Morgan fingerprint density at radius 2 is 1.75 bits per heavy atom. The van der Waals surface area contributed by atoms with Gasteiger partial charge < -0.3 is 14.5 Å². The molecule has 0 atom stereocenters. The summed E-state index contributed by atoms with van der Waals surface area (Å²) < 4.78 is 11.0. The van der Waals surface area contributed by atoms with E-state index in [4.69, 9.17) is 9.15 Å². The minimum atomic E-state index is -0.133. The Hall–Kier alpha value is -2.80. The number of thioether (sulfide) groups is 1. The molecule has 0 bridgehead atoms. The van der Waals surface area contributed by atoms with E-state index in [1.807, 2.05) is 60.7 Å². The highest BCUT2D eigenvalue weighted by molar-refractivity contribution is 7.99. The highest BCUT2D eigenvalue weighted by Gasteiger charge is 2.10. The lowest BCUT2D eigenvalue weighted by Gasteiger charge is -2.03. The fourth-order valence-corrected chi connectivity index (χ4v) is 2.44. The van der Waals surface area contributed by atoms with Crippen LogP contribution in [0, 0.1) is 0 Å². The quantitative estimate of drug-likeness (QED) is 0.664. The van der Waals surface area contributed by atoms with Gasteiger partial charge in [0.25, 0.3) is 11.1 Å². The van der Waals surface area contributed by atoms with Crippen LogP contribution in [0.1, 0.15) is 5.89 Å². The van der Waals surface area contributed by atoms with Crippen molar-refractivity contribution in [2.24, 2.45) is 0 Å². The van der Waals surface area contributed by atoms with Crippen molar-refractivity contribution in [2.45, 2.75) is 11.8 Å². The van der Waals surface area contributed by atoms with Gasteiger partial charge in [-0.1, -0.05) is 48.2 Å². The number of benzene rings is 2. The molecule has 0 aliphatic heterocycles. The number of carbonyl (C=O) groups excluding carboxylic acids is 1. The molecule has 0 aliphatic rings. The van der Waals surface area contributed by atoms with Gasteiger partial charge in [-0.2, -0.15) is 0 Å². The molecule has 3 aromatic rings. The first-order chi connectivity index (χ1) is 11.8. The van der Waals surface area contributed by atoms with Crippen molar-refractivity contribution < 1.29 is 13.9 Å².